The van der Waals surface area contributed by atoms with Gasteiger partial charge in [-0.05, 0) is 26.4 Å². The SMILES string of the molecule is CN[C@@H](CO)C(=O)C(=O)[C@H](CO)NC(=O)[C@@H](N)CCCNC(N)N. The Hall–Kier alpha value is -1.47. The van der Waals surface area contributed by atoms with Gasteiger partial charge in [0.15, 0.2) is 0 Å². The molecule has 140 valence electrons. The molecule has 0 saturated heterocycles. The predicted molar refractivity (Wildman–Crippen MR) is 86.3 cm³/mol. The van der Waals surface area contributed by atoms with E-state index in [1.807, 2.05) is 0 Å². The molecule has 0 aliphatic heterocycles. The zero-order chi connectivity index (χ0) is 18.7. The van der Waals surface area contributed by atoms with Gasteiger partial charge >= 0.3 is 0 Å². The molecule has 0 heterocycles. The van der Waals surface area contributed by atoms with E-state index in [-0.39, 0.29) is 0 Å². The average molecular weight is 348 g/mol. The normalized spacial score (nSPS) is 15.0. The van der Waals surface area contributed by atoms with Crippen LogP contribution in [0.5, 0.6) is 0 Å². The zero-order valence-electron chi connectivity index (χ0n) is 13.7. The summed E-state index contributed by atoms with van der Waals surface area (Å²) in [6.45, 7) is -0.878. The molecule has 0 aliphatic carbocycles. The molecule has 24 heavy (non-hydrogen) atoms. The fraction of sp³-hybridized carbons (Fsp3) is 0.769. The summed E-state index contributed by atoms with van der Waals surface area (Å²) < 4.78 is 0. The van der Waals surface area contributed by atoms with Gasteiger partial charge < -0.3 is 38.0 Å². The van der Waals surface area contributed by atoms with Crippen molar-refractivity contribution < 1.29 is 24.6 Å². The Morgan fingerprint density at radius 3 is 2.00 bits per heavy atom. The van der Waals surface area contributed by atoms with Crippen LogP contribution < -0.4 is 33.2 Å². The van der Waals surface area contributed by atoms with Crippen molar-refractivity contribution in [3.63, 3.8) is 0 Å². The summed E-state index contributed by atoms with van der Waals surface area (Å²) >= 11 is 0. The summed E-state index contributed by atoms with van der Waals surface area (Å²) in [4.78, 5) is 35.7. The van der Waals surface area contributed by atoms with E-state index in [0.29, 0.717) is 19.4 Å². The molecule has 0 radical (unpaired) electrons. The van der Waals surface area contributed by atoms with Gasteiger partial charge in [-0.15, -0.1) is 0 Å². The Balaban J connectivity index is 4.51. The van der Waals surface area contributed by atoms with Crippen molar-refractivity contribution >= 4 is 17.5 Å². The van der Waals surface area contributed by atoms with Crippen LogP contribution in [0, 0.1) is 0 Å². The number of likely N-dealkylation sites (N-methyl/N-ethyl adjacent to an activating group) is 1. The van der Waals surface area contributed by atoms with Crippen molar-refractivity contribution in [1.82, 2.24) is 16.0 Å². The molecular weight excluding hydrogens is 320 g/mol. The molecule has 0 saturated carbocycles. The third-order valence-electron chi connectivity index (χ3n) is 3.31. The minimum atomic E-state index is -1.41. The quantitative estimate of drug-likeness (QED) is 0.0903. The van der Waals surface area contributed by atoms with Crippen molar-refractivity contribution in [3.05, 3.63) is 0 Å². The van der Waals surface area contributed by atoms with E-state index in [4.69, 9.17) is 22.3 Å². The molecular formula is C13H28N6O5. The van der Waals surface area contributed by atoms with Crippen LogP contribution in [-0.2, 0) is 14.4 Å². The largest absolute Gasteiger partial charge is 0.394 e. The number of aliphatic hydroxyl groups is 2. The van der Waals surface area contributed by atoms with Crippen molar-refractivity contribution in [2.75, 3.05) is 26.8 Å². The fourth-order valence-electron chi connectivity index (χ4n) is 1.84. The number of nitrogens with two attached hydrogens (primary N) is 3. The average Bonchev–Trinajstić information content (AvgIpc) is 2.56. The highest BCUT2D eigenvalue weighted by atomic mass is 16.3. The van der Waals surface area contributed by atoms with Crippen molar-refractivity contribution in [2.45, 2.75) is 37.3 Å². The summed E-state index contributed by atoms with van der Waals surface area (Å²) in [5, 5.41) is 25.7. The van der Waals surface area contributed by atoms with Gasteiger partial charge in [0.1, 0.15) is 12.3 Å². The first kappa shape index (κ1) is 22.5. The lowest BCUT2D eigenvalue weighted by Crippen LogP contribution is -2.54. The van der Waals surface area contributed by atoms with Crippen LogP contribution in [0.4, 0.5) is 0 Å². The van der Waals surface area contributed by atoms with Gasteiger partial charge in [0.2, 0.25) is 17.5 Å². The fourth-order valence-corrected chi connectivity index (χ4v) is 1.84. The van der Waals surface area contributed by atoms with Crippen LogP contribution in [0.15, 0.2) is 0 Å². The highest BCUT2D eigenvalue weighted by Gasteiger charge is 2.31. The van der Waals surface area contributed by atoms with Crippen LogP contribution in [-0.4, -0.2) is 78.9 Å². The molecule has 11 nitrogen and oxygen atoms in total. The van der Waals surface area contributed by atoms with Gasteiger partial charge in [0.25, 0.3) is 0 Å². The van der Waals surface area contributed by atoms with Gasteiger partial charge in [-0.2, -0.15) is 0 Å². The van der Waals surface area contributed by atoms with Crippen molar-refractivity contribution in [2.24, 2.45) is 17.2 Å². The number of Topliss-reactive ketones (excluding diaryl/α,β-unsaturated/α-hetero) is 2. The topological polar surface area (TPSA) is 206 Å². The van der Waals surface area contributed by atoms with E-state index in [1.165, 1.54) is 7.05 Å². The van der Waals surface area contributed by atoms with E-state index in [9.17, 15) is 19.5 Å². The lowest BCUT2D eigenvalue weighted by atomic mass is 10.0. The molecule has 0 spiro atoms. The van der Waals surface area contributed by atoms with Crippen molar-refractivity contribution in [1.29, 1.82) is 0 Å². The number of ketones is 2. The molecule has 3 atom stereocenters. The summed E-state index contributed by atoms with van der Waals surface area (Å²) in [6.07, 6.45) is 0.147. The van der Waals surface area contributed by atoms with Gasteiger partial charge in [-0.25, -0.2) is 0 Å². The van der Waals surface area contributed by atoms with E-state index in [0.717, 1.165) is 0 Å². The van der Waals surface area contributed by atoms with Crippen LogP contribution in [0.3, 0.4) is 0 Å². The van der Waals surface area contributed by atoms with E-state index < -0.39 is 55.1 Å². The number of carbonyl (C=O) groups excluding carboxylic acids is 3. The number of hydrogen-bond acceptors (Lipinski definition) is 10. The van der Waals surface area contributed by atoms with Crippen LogP contribution >= 0.6 is 0 Å². The Labute approximate surface area is 140 Å². The number of hydrogen-bond donors (Lipinski definition) is 8. The predicted octanol–water partition coefficient (Wildman–Crippen LogP) is -4.92. The number of nitrogens with one attached hydrogen (secondary N) is 3. The van der Waals surface area contributed by atoms with Crippen LogP contribution in [0.1, 0.15) is 12.8 Å². The third-order valence-corrected chi connectivity index (χ3v) is 3.31. The maximum Gasteiger partial charge on any atom is 0.237 e. The summed E-state index contributed by atoms with van der Waals surface area (Å²) in [5.41, 5.74) is 16.3. The lowest BCUT2D eigenvalue weighted by molar-refractivity contribution is -0.141. The van der Waals surface area contributed by atoms with E-state index >= 15 is 0 Å². The van der Waals surface area contributed by atoms with Crippen LogP contribution in [0.25, 0.3) is 0 Å². The lowest BCUT2D eigenvalue weighted by Gasteiger charge is -2.20. The Morgan fingerprint density at radius 2 is 1.54 bits per heavy atom. The molecule has 0 aromatic carbocycles. The first-order valence-electron chi connectivity index (χ1n) is 7.56. The number of carbonyl (C=O) groups is 3. The maximum absolute atomic E-state index is 12.0. The van der Waals surface area contributed by atoms with Crippen molar-refractivity contribution in [3.8, 4) is 0 Å². The second-order valence-electron chi connectivity index (χ2n) is 5.22. The second-order valence-corrected chi connectivity index (χ2v) is 5.22. The monoisotopic (exact) mass is 348 g/mol. The van der Waals surface area contributed by atoms with Gasteiger partial charge in [-0.1, -0.05) is 0 Å². The molecule has 0 aromatic rings. The zero-order valence-corrected chi connectivity index (χ0v) is 13.7. The highest BCUT2D eigenvalue weighted by molar-refractivity contribution is 6.41. The number of amides is 1. The molecule has 1 amide bonds. The minimum absolute atomic E-state index is 0.293. The number of aliphatic hydroxyl groups excluding tert-OH is 2. The van der Waals surface area contributed by atoms with Gasteiger partial charge in [-0.3, -0.25) is 19.7 Å². The molecule has 0 rings (SSSR count). The molecule has 0 aromatic heterocycles. The maximum atomic E-state index is 12.0. The van der Waals surface area contributed by atoms with Gasteiger partial charge in [0.05, 0.1) is 25.3 Å². The summed E-state index contributed by atoms with van der Waals surface area (Å²) in [7, 11) is 1.40. The van der Waals surface area contributed by atoms with E-state index in [1.54, 1.807) is 0 Å². The minimum Gasteiger partial charge on any atom is -0.394 e. The first-order valence-corrected chi connectivity index (χ1v) is 7.56. The second kappa shape index (κ2) is 12.0. The molecule has 0 unspecified atom stereocenters. The summed E-state index contributed by atoms with van der Waals surface area (Å²) in [5.74, 6) is -2.62. The Bertz CT molecular complexity index is 416. The Morgan fingerprint density at radius 1 is 1.00 bits per heavy atom. The molecule has 11 N–H and O–H groups in total. The molecule has 11 heteroatoms. The molecule has 0 fully saturated rings. The highest BCUT2D eigenvalue weighted by Crippen LogP contribution is 1.98. The number of rotatable bonds is 13. The molecule has 0 aliphatic rings. The molecule has 0 bridgehead atoms. The Kier molecular flexibility index (Phi) is 11.2. The van der Waals surface area contributed by atoms with Crippen LogP contribution in [0.2, 0.25) is 0 Å². The third kappa shape index (κ3) is 7.88. The van der Waals surface area contributed by atoms with Gasteiger partial charge in [0, 0.05) is 0 Å². The van der Waals surface area contributed by atoms with E-state index in [2.05, 4.69) is 16.0 Å². The smallest absolute Gasteiger partial charge is 0.237 e. The summed E-state index contributed by atoms with van der Waals surface area (Å²) in [6, 6.07) is -3.42. The first-order chi connectivity index (χ1) is 11.3. The standard InChI is InChI=1S/C13H28N6O5/c1-17-8(5-20)10(22)11(23)9(6-21)19-12(24)7(14)3-2-4-18-13(15)16/h7-9,13,17-18,20-21H,2-6,14-16H2,1H3,(H,19,24)/t7-,8-,9-/m0/s1.